The van der Waals surface area contributed by atoms with Crippen LogP contribution in [0.3, 0.4) is 0 Å². The Morgan fingerprint density at radius 2 is 1.77 bits per heavy atom. The van der Waals surface area contributed by atoms with Crippen molar-refractivity contribution in [1.29, 1.82) is 0 Å². The quantitative estimate of drug-likeness (QED) is 0.409. The summed E-state index contributed by atoms with van der Waals surface area (Å²) in [6, 6.07) is 15.0. The molecule has 4 rings (SSSR count). The molecule has 4 aromatic rings. The minimum Gasteiger partial charge on any atom is -0.489 e. The van der Waals surface area contributed by atoms with Crippen molar-refractivity contribution in [2.75, 3.05) is 5.32 Å². The van der Waals surface area contributed by atoms with Crippen molar-refractivity contribution in [3.8, 4) is 5.75 Å². The normalized spacial score (nSPS) is 11.5. The number of rotatable bonds is 5. The van der Waals surface area contributed by atoms with Gasteiger partial charge < -0.3 is 10.1 Å². The number of halogens is 4. The molecule has 0 saturated heterocycles. The van der Waals surface area contributed by atoms with Gasteiger partial charge in [-0.25, -0.2) is 4.39 Å². The molecule has 0 fully saturated rings. The minimum absolute atomic E-state index is 0.00660. The molecule has 1 heterocycles. The van der Waals surface area contributed by atoms with E-state index in [2.05, 4.69) is 15.5 Å². The lowest BCUT2D eigenvalue weighted by Gasteiger charge is -2.13. The molecule has 0 radical (unpaired) electrons. The van der Waals surface area contributed by atoms with Gasteiger partial charge in [0.25, 0.3) is 5.91 Å². The number of ether oxygens (including phenoxy) is 1. The van der Waals surface area contributed by atoms with Crippen LogP contribution in [-0.2, 0) is 12.8 Å². The number of aromatic amines is 1. The second-order valence-corrected chi connectivity index (χ2v) is 6.68. The van der Waals surface area contributed by atoms with Gasteiger partial charge in [0.15, 0.2) is 5.82 Å². The number of carbonyl (C=O) groups is 1. The Morgan fingerprint density at radius 1 is 1.03 bits per heavy atom. The number of anilines is 1. The number of hydrogen-bond acceptors (Lipinski definition) is 3. The van der Waals surface area contributed by atoms with Crippen LogP contribution in [-0.4, -0.2) is 16.1 Å². The van der Waals surface area contributed by atoms with Crippen molar-refractivity contribution in [1.82, 2.24) is 10.2 Å². The van der Waals surface area contributed by atoms with Crippen LogP contribution < -0.4 is 10.1 Å². The highest BCUT2D eigenvalue weighted by molar-refractivity contribution is 6.07. The Morgan fingerprint density at radius 3 is 2.52 bits per heavy atom. The number of benzene rings is 3. The molecule has 0 atom stereocenters. The van der Waals surface area contributed by atoms with Crippen LogP contribution in [0.4, 0.5) is 23.4 Å². The zero-order valence-electron chi connectivity index (χ0n) is 15.8. The number of H-pyrrole nitrogens is 1. The first-order valence-electron chi connectivity index (χ1n) is 9.14. The highest BCUT2D eigenvalue weighted by Crippen LogP contribution is 2.33. The molecule has 3 aromatic carbocycles. The maximum atomic E-state index is 13.1. The number of alkyl halides is 3. The summed E-state index contributed by atoms with van der Waals surface area (Å²) in [6.07, 6.45) is -4.48. The average Bonchev–Trinajstić information content (AvgIpc) is 3.14. The van der Waals surface area contributed by atoms with Gasteiger partial charge >= 0.3 is 6.18 Å². The standard InChI is InChI=1S/C22H15F4N3O2/c23-15-7-5-13(6-8-15)21(30)27-20-17-11-16(9-10-19(17)28-29-20)31-12-14-3-1-2-4-18(14)22(24,25)26/h1-11H,12H2,(H2,27,28,29,30). The molecule has 0 saturated carbocycles. The third-order valence-corrected chi connectivity index (χ3v) is 4.59. The molecule has 5 nitrogen and oxygen atoms in total. The molecule has 1 amide bonds. The molecule has 0 spiro atoms. The zero-order chi connectivity index (χ0) is 22.0. The molecule has 9 heteroatoms. The molecule has 0 aliphatic heterocycles. The van der Waals surface area contributed by atoms with Crippen molar-refractivity contribution in [2.45, 2.75) is 12.8 Å². The summed E-state index contributed by atoms with van der Waals surface area (Å²) < 4.78 is 58.1. The second kappa shape index (κ2) is 8.10. The first kappa shape index (κ1) is 20.4. The van der Waals surface area contributed by atoms with Gasteiger partial charge in [-0.1, -0.05) is 18.2 Å². The Bertz CT molecular complexity index is 1230. The van der Waals surface area contributed by atoms with E-state index in [-0.39, 0.29) is 23.6 Å². The van der Waals surface area contributed by atoms with Crippen LogP contribution in [0.1, 0.15) is 21.5 Å². The van der Waals surface area contributed by atoms with E-state index in [0.29, 0.717) is 16.7 Å². The number of fused-ring (bicyclic) bond motifs is 1. The molecule has 31 heavy (non-hydrogen) atoms. The summed E-state index contributed by atoms with van der Waals surface area (Å²) in [5.41, 5.74) is 0.0879. The van der Waals surface area contributed by atoms with E-state index in [0.717, 1.165) is 6.07 Å². The van der Waals surface area contributed by atoms with E-state index >= 15 is 0 Å². The third-order valence-electron chi connectivity index (χ3n) is 4.59. The first-order valence-corrected chi connectivity index (χ1v) is 9.14. The summed E-state index contributed by atoms with van der Waals surface area (Å²) in [6.45, 7) is -0.281. The number of carbonyl (C=O) groups excluding carboxylic acids is 1. The summed E-state index contributed by atoms with van der Waals surface area (Å²) in [4.78, 5) is 12.4. The summed E-state index contributed by atoms with van der Waals surface area (Å²) in [5, 5.41) is 9.94. The van der Waals surface area contributed by atoms with Gasteiger partial charge in [0.2, 0.25) is 0 Å². The Labute approximate surface area is 173 Å². The van der Waals surface area contributed by atoms with Crippen LogP contribution in [0, 0.1) is 5.82 Å². The minimum atomic E-state index is -4.48. The van der Waals surface area contributed by atoms with Gasteiger partial charge in [0, 0.05) is 16.5 Å². The van der Waals surface area contributed by atoms with Gasteiger partial charge in [0.1, 0.15) is 18.2 Å². The lowest BCUT2D eigenvalue weighted by molar-refractivity contribution is -0.138. The Balaban J connectivity index is 1.54. The molecule has 0 aliphatic carbocycles. The second-order valence-electron chi connectivity index (χ2n) is 6.68. The van der Waals surface area contributed by atoms with Gasteiger partial charge in [-0.3, -0.25) is 9.89 Å². The van der Waals surface area contributed by atoms with Crippen molar-refractivity contribution < 1.29 is 27.1 Å². The molecular formula is C22H15F4N3O2. The average molecular weight is 429 g/mol. The number of nitrogens with zero attached hydrogens (tertiary/aromatic N) is 1. The summed E-state index contributed by atoms with van der Waals surface area (Å²) in [5.74, 6) is -0.428. The predicted octanol–water partition coefficient (Wildman–Crippen LogP) is 5.55. The maximum absolute atomic E-state index is 13.1. The zero-order valence-corrected chi connectivity index (χ0v) is 15.8. The fraction of sp³-hybridized carbons (Fsp3) is 0.0909. The predicted molar refractivity (Wildman–Crippen MR) is 106 cm³/mol. The van der Waals surface area contributed by atoms with Gasteiger partial charge in [-0.2, -0.15) is 18.3 Å². The fourth-order valence-corrected chi connectivity index (χ4v) is 3.04. The fourth-order valence-electron chi connectivity index (χ4n) is 3.04. The van der Waals surface area contributed by atoms with E-state index in [1.54, 1.807) is 18.2 Å². The molecule has 1 aromatic heterocycles. The van der Waals surface area contributed by atoms with E-state index in [1.807, 2.05) is 0 Å². The number of aromatic nitrogens is 2. The SMILES string of the molecule is O=C(Nc1n[nH]c2ccc(OCc3ccccc3C(F)(F)F)cc12)c1ccc(F)cc1. The van der Waals surface area contributed by atoms with E-state index in [9.17, 15) is 22.4 Å². The number of hydrogen-bond donors (Lipinski definition) is 2. The highest BCUT2D eigenvalue weighted by atomic mass is 19.4. The lowest BCUT2D eigenvalue weighted by Crippen LogP contribution is -2.12. The Kier molecular flexibility index (Phi) is 5.33. The van der Waals surface area contributed by atoms with Crippen molar-refractivity contribution in [3.05, 3.63) is 89.2 Å². The molecule has 0 bridgehead atoms. The smallest absolute Gasteiger partial charge is 0.416 e. The lowest BCUT2D eigenvalue weighted by atomic mass is 10.1. The van der Waals surface area contributed by atoms with Crippen LogP contribution >= 0.6 is 0 Å². The monoisotopic (exact) mass is 429 g/mol. The molecule has 2 N–H and O–H groups in total. The van der Waals surface area contributed by atoms with Crippen molar-refractivity contribution in [3.63, 3.8) is 0 Å². The third kappa shape index (κ3) is 4.50. The van der Waals surface area contributed by atoms with Gasteiger partial charge in [-0.15, -0.1) is 0 Å². The first-order chi connectivity index (χ1) is 14.8. The van der Waals surface area contributed by atoms with Crippen molar-refractivity contribution >= 4 is 22.6 Å². The van der Waals surface area contributed by atoms with E-state index in [4.69, 9.17) is 4.74 Å². The van der Waals surface area contributed by atoms with Crippen molar-refractivity contribution in [2.24, 2.45) is 0 Å². The topological polar surface area (TPSA) is 67.0 Å². The molecule has 158 valence electrons. The molecular weight excluding hydrogens is 414 g/mol. The Hall–Kier alpha value is -3.88. The van der Waals surface area contributed by atoms with Gasteiger partial charge in [0.05, 0.1) is 11.1 Å². The van der Waals surface area contributed by atoms with Crippen LogP contribution in [0.5, 0.6) is 5.75 Å². The summed E-state index contributed by atoms with van der Waals surface area (Å²) >= 11 is 0. The highest BCUT2D eigenvalue weighted by Gasteiger charge is 2.33. The number of nitrogens with one attached hydrogen (secondary N) is 2. The largest absolute Gasteiger partial charge is 0.489 e. The van der Waals surface area contributed by atoms with Crippen LogP contribution in [0.25, 0.3) is 10.9 Å². The van der Waals surface area contributed by atoms with Crippen LogP contribution in [0.2, 0.25) is 0 Å². The van der Waals surface area contributed by atoms with E-state index < -0.39 is 23.5 Å². The maximum Gasteiger partial charge on any atom is 0.416 e. The number of amides is 1. The van der Waals surface area contributed by atoms with Gasteiger partial charge in [-0.05, 0) is 48.5 Å². The van der Waals surface area contributed by atoms with Crippen LogP contribution in [0.15, 0.2) is 66.7 Å². The molecule has 0 unspecified atom stereocenters. The molecule has 0 aliphatic rings. The van der Waals surface area contributed by atoms with E-state index in [1.165, 1.54) is 42.5 Å². The summed E-state index contributed by atoms with van der Waals surface area (Å²) in [7, 11) is 0.